The average molecular weight is 458 g/mol. The molecule has 1 aliphatic carbocycles. The Hall–Kier alpha value is -2.78. The number of anilines is 3. The standard InChI is InChI=1S/C23H28FN5O2S/c1-23(2,31)20(24)12-26-22(30)16-11-25-21(10-18(16)28-14-5-3-4-6-14)29-15-7-8-17-19(9-15)32-13-27-17/h7-11,13-14,20,31H,3-6,12H2,1-2H3,(H,26,30)(H2,25,28,29). The lowest BCUT2D eigenvalue weighted by Gasteiger charge is -2.23. The highest BCUT2D eigenvalue weighted by Crippen LogP contribution is 2.28. The molecule has 9 heteroatoms. The molecule has 1 fully saturated rings. The Bertz CT molecular complexity index is 1090. The molecule has 0 aliphatic heterocycles. The van der Waals surface area contributed by atoms with Crippen molar-refractivity contribution in [3.8, 4) is 0 Å². The second-order valence-electron chi connectivity index (χ2n) is 8.73. The monoisotopic (exact) mass is 457 g/mol. The first-order chi connectivity index (χ1) is 15.3. The number of hydrogen-bond donors (Lipinski definition) is 4. The van der Waals surface area contributed by atoms with E-state index in [-0.39, 0.29) is 12.6 Å². The lowest BCUT2D eigenvalue weighted by Crippen LogP contribution is -2.42. The van der Waals surface area contributed by atoms with Crippen LogP contribution in [0.4, 0.5) is 21.6 Å². The summed E-state index contributed by atoms with van der Waals surface area (Å²) in [5.41, 5.74) is 3.12. The Balaban J connectivity index is 1.54. The number of halogens is 1. The summed E-state index contributed by atoms with van der Waals surface area (Å²) in [4.78, 5) is 21.5. The van der Waals surface area contributed by atoms with Gasteiger partial charge in [-0.25, -0.2) is 14.4 Å². The first-order valence-electron chi connectivity index (χ1n) is 10.8. The van der Waals surface area contributed by atoms with Gasteiger partial charge in [-0.05, 0) is 44.9 Å². The normalized spacial score (nSPS) is 15.6. The van der Waals surface area contributed by atoms with Crippen molar-refractivity contribution in [1.82, 2.24) is 15.3 Å². The number of carbonyl (C=O) groups is 1. The van der Waals surface area contributed by atoms with Gasteiger partial charge >= 0.3 is 0 Å². The number of rotatable bonds is 8. The van der Waals surface area contributed by atoms with Crippen LogP contribution in [-0.4, -0.2) is 45.3 Å². The molecule has 3 aromatic rings. The van der Waals surface area contributed by atoms with Gasteiger partial charge in [-0.2, -0.15) is 0 Å². The number of nitrogens with zero attached hydrogens (tertiary/aromatic N) is 2. The maximum Gasteiger partial charge on any atom is 0.255 e. The largest absolute Gasteiger partial charge is 0.387 e. The van der Waals surface area contributed by atoms with Crippen molar-refractivity contribution in [1.29, 1.82) is 0 Å². The fourth-order valence-corrected chi connectivity index (χ4v) is 4.44. The number of thiazole rings is 1. The van der Waals surface area contributed by atoms with E-state index in [1.54, 1.807) is 11.3 Å². The molecule has 1 aliphatic rings. The van der Waals surface area contributed by atoms with Gasteiger partial charge in [0.25, 0.3) is 5.91 Å². The van der Waals surface area contributed by atoms with Gasteiger partial charge in [0.15, 0.2) is 0 Å². The minimum Gasteiger partial charge on any atom is -0.387 e. The number of amides is 1. The molecule has 0 bridgehead atoms. The van der Waals surface area contributed by atoms with Crippen LogP contribution < -0.4 is 16.0 Å². The highest BCUT2D eigenvalue weighted by molar-refractivity contribution is 7.16. The molecule has 1 saturated carbocycles. The zero-order valence-corrected chi connectivity index (χ0v) is 19.0. The van der Waals surface area contributed by atoms with Gasteiger partial charge in [0, 0.05) is 24.0 Å². The summed E-state index contributed by atoms with van der Waals surface area (Å²) in [6.07, 6.45) is 4.31. The number of fused-ring (bicyclic) bond motifs is 1. The van der Waals surface area contributed by atoms with E-state index >= 15 is 0 Å². The summed E-state index contributed by atoms with van der Waals surface area (Å²) in [7, 11) is 0. The highest BCUT2D eigenvalue weighted by atomic mass is 32.1. The Morgan fingerprint density at radius 1 is 1.28 bits per heavy atom. The third kappa shape index (κ3) is 5.34. The van der Waals surface area contributed by atoms with Crippen molar-refractivity contribution in [2.45, 2.75) is 57.3 Å². The van der Waals surface area contributed by atoms with Crippen molar-refractivity contribution in [2.24, 2.45) is 0 Å². The fraction of sp³-hybridized carbons (Fsp3) is 0.435. The molecule has 1 amide bonds. The van der Waals surface area contributed by atoms with E-state index in [0.29, 0.717) is 17.1 Å². The van der Waals surface area contributed by atoms with Crippen molar-refractivity contribution in [3.05, 3.63) is 41.5 Å². The van der Waals surface area contributed by atoms with Gasteiger partial charge in [-0.1, -0.05) is 12.8 Å². The molecule has 2 aromatic heterocycles. The van der Waals surface area contributed by atoms with Crippen molar-refractivity contribution in [3.63, 3.8) is 0 Å². The molecule has 1 aromatic carbocycles. The van der Waals surface area contributed by atoms with Crippen LogP contribution in [0.15, 0.2) is 36.0 Å². The molecule has 4 N–H and O–H groups in total. The molecule has 7 nitrogen and oxygen atoms in total. The molecule has 0 radical (unpaired) electrons. The van der Waals surface area contributed by atoms with Gasteiger partial charge in [-0.3, -0.25) is 4.79 Å². The van der Waals surface area contributed by atoms with E-state index in [9.17, 15) is 14.3 Å². The number of aliphatic hydroxyl groups is 1. The van der Waals surface area contributed by atoms with E-state index in [1.165, 1.54) is 20.0 Å². The van der Waals surface area contributed by atoms with Crippen molar-refractivity contribution in [2.75, 3.05) is 17.2 Å². The van der Waals surface area contributed by atoms with Gasteiger partial charge in [0.05, 0.1) is 39.1 Å². The Morgan fingerprint density at radius 3 is 2.81 bits per heavy atom. The Labute approximate surface area is 190 Å². The number of benzene rings is 1. The second-order valence-corrected chi connectivity index (χ2v) is 9.62. The zero-order chi connectivity index (χ0) is 22.7. The number of nitrogens with one attached hydrogen (secondary N) is 3. The van der Waals surface area contributed by atoms with Crippen LogP contribution >= 0.6 is 11.3 Å². The van der Waals surface area contributed by atoms with Gasteiger partial charge in [0.1, 0.15) is 12.0 Å². The van der Waals surface area contributed by atoms with Crippen LogP contribution in [0.1, 0.15) is 49.9 Å². The third-order valence-corrected chi connectivity index (χ3v) is 6.47. The molecule has 0 spiro atoms. The fourth-order valence-electron chi connectivity index (χ4n) is 3.72. The topological polar surface area (TPSA) is 99.2 Å². The van der Waals surface area contributed by atoms with Crippen LogP contribution in [0.25, 0.3) is 10.2 Å². The number of carbonyl (C=O) groups excluding carboxylic acids is 1. The molecule has 4 rings (SSSR count). The number of hydrogen-bond acceptors (Lipinski definition) is 7. The summed E-state index contributed by atoms with van der Waals surface area (Å²) in [5.74, 6) is 0.174. The Kier molecular flexibility index (Phi) is 6.57. The maximum absolute atomic E-state index is 14.1. The molecule has 32 heavy (non-hydrogen) atoms. The predicted molar refractivity (Wildman–Crippen MR) is 127 cm³/mol. The summed E-state index contributed by atoms with van der Waals surface area (Å²) < 4.78 is 15.2. The second kappa shape index (κ2) is 9.38. The van der Waals surface area contributed by atoms with Crippen LogP contribution in [0.5, 0.6) is 0 Å². The van der Waals surface area contributed by atoms with Crippen molar-refractivity contribution >= 4 is 44.7 Å². The smallest absolute Gasteiger partial charge is 0.255 e. The van der Waals surface area contributed by atoms with Crippen LogP contribution in [0, 0.1) is 0 Å². The summed E-state index contributed by atoms with van der Waals surface area (Å²) in [6.45, 7) is 2.48. The zero-order valence-electron chi connectivity index (χ0n) is 18.2. The van der Waals surface area contributed by atoms with Crippen LogP contribution in [0.3, 0.4) is 0 Å². The van der Waals surface area contributed by atoms with E-state index in [1.807, 2.05) is 29.8 Å². The van der Waals surface area contributed by atoms with Gasteiger partial charge in [-0.15, -0.1) is 11.3 Å². The summed E-state index contributed by atoms with van der Waals surface area (Å²) in [5, 5.41) is 19.1. The molecule has 0 saturated heterocycles. The molecule has 1 unspecified atom stereocenters. The molecular weight excluding hydrogens is 429 g/mol. The van der Waals surface area contributed by atoms with Crippen molar-refractivity contribution < 1.29 is 14.3 Å². The molecule has 1 atom stereocenters. The Morgan fingerprint density at radius 2 is 2.06 bits per heavy atom. The van der Waals surface area contributed by atoms with E-state index in [2.05, 4.69) is 25.9 Å². The van der Waals surface area contributed by atoms with Crippen LogP contribution in [-0.2, 0) is 0 Å². The van der Waals surface area contributed by atoms with Crippen LogP contribution in [0.2, 0.25) is 0 Å². The highest BCUT2D eigenvalue weighted by Gasteiger charge is 2.27. The lowest BCUT2D eigenvalue weighted by molar-refractivity contribution is -0.00177. The maximum atomic E-state index is 14.1. The molecular formula is C23H28FN5O2S. The third-order valence-electron chi connectivity index (χ3n) is 5.68. The van der Waals surface area contributed by atoms with E-state index in [0.717, 1.165) is 41.6 Å². The minimum absolute atomic E-state index is 0.278. The predicted octanol–water partition coefficient (Wildman–Crippen LogP) is 4.63. The minimum atomic E-state index is -1.58. The summed E-state index contributed by atoms with van der Waals surface area (Å²) in [6, 6.07) is 8.00. The van der Waals surface area contributed by atoms with E-state index in [4.69, 9.17) is 0 Å². The van der Waals surface area contributed by atoms with Gasteiger partial charge < -0.3 is 21.1 Å². The number of alkyl halides is 1. The number of aromatic nitrogens is 2. The van der Waals surface area contributed by atoms with Gasteiger partial charge in [0.2, 0.25) is 0 Å². The SMILES string of the molecule is CC(C)(O)C(F)CNC(=O)c1cnc(Nc2ccc3ncsc3c2)cc1NC1CCCC1. The average Bonchev–Trinajstić information content (AvgIpc) is 3.42. The first kappa shape index (κ1) is 22.4. The van der Waals surface area contributed by atoms with E-state index < -0.39 is 17.7 Å². The lowest BCUT2D eigenvalue weighted by atomic mass is 10.0. The molecule has 2 heterocycles. The quantitative estimate of drug-likeness (QED) is 0.394. The number of pyridine rings is 1. The first-order valence-corrected chi connectivity index (χ1v) is 11.7. The summed E-state index contributed by atoms with van der Waals surface area (Å²) >= 11 is 1.57. The molecule has 170 valence electrons.